The molecule has 4 heteroatoms. The molecule has 9 aromatic rings. The molecule has 0 saturated carbocycles. The molecule has 0 spiro atoms. The zero-order chi connectivity index (χ0) is 39.9. The van der Waals surface area contributed by atoms with E-state index in [-0.39, 0.29) is 5.41 Å². The van der Waals surface area contributed by atoms with Gasteiger partial charge in [0.15, 0.2) is 11.5 Å². The van der Waals surface area contributed by atoms with Crippen LogP contribution in [0.25, 0.3) is 94.4 Å². The normalized spacial score (nSPS) is 12.4. The van der Waals surface area contributed by atoms with Crippen LogP contribution in [0.15, 0.2) is 194 Å². The van der Waals surface area contributed by atoms with Gasteiger partial charge in [0.2, 0.25) is 0 Å². The maximum absolute atomic E-state index is 7.93. The lowest BCUT2D eigenvalue weighted by Gasteiger charge is -2.22. The standard InChI is InChI=1S/C55H38N4/c1-55(2)48-17-10-18-50(56-3)53(48)47-28-27-42(33-49(47)55)45-30-44(39-21-19-38(20-22-39)43-16-11-29-57-35-43)31-46(32-45)52-34-51(58-54(59-52)41-14-8-5-9-15-41)40-25-23-37(24-26-40)36-12-6-4-7-13-36/h4-35H,1-2H3. The summed E-state index contributed by atoms with van der Waals surface area (Å²) in [4.78, 5) is 18.7. The molecule has 0 radical (unpaired) electrons. The van der Waals surface area contributed by atoms with Crippen molar-refractivity contribution < 1.29 is 0 Å². The van der Waals surface area contributed by atoms with Crippen LogP contribution in [-0.2, 0) is 5.41 Å². The van der Waals surface area contributed by atoms with Gasteiger partial charge in [0.25, 0.3) is 0 Å². The summed E-state index contributed by atoms with van der Waals surface area (Å²) in [5, 5.41) is 0. The third kappa shape index (κ3) is 6.59. The smallest absolute Gasteiger partial charge is 0.195 e. The lowest BCUT2D eigenvalue weighted by atomic mass is 9.81. The fraction of sp³-hybridized carbons (Fsp3) is 0.0545. The van der Waals surface area contributed by atoms with Crippen LogP contribution in [0.2, 0.25) is 0 Å². The maximum atomic E-state index is 7.93. The molecule has 1 aliphatic carbocycles. The van der Waals surface area contributed by atoms with Crippen molar-refractivity contribution in [1.82, 2.24) is 15.0 Å². The Hall–Kier alpha value is -7.74. The van der Waals surface area contributed by atoms with Gasteiger partial charge >= 0.3 is 0 Å². The van der Waals surface area contributed by atoms with Crippen molar-refractivity contribution in [2.75, 3.05) is 0 Å². The number of rotatable bonds is 7. The van der Waals surface area contributed by atoms with Gasteiger partial charge in [-0.2, -0.15) is 0 Å². The largest absolute Gasteiger partial charge is 0.264 e. The van der Waals surface area contributed by atoms with Gasteiger partial charge in [-0.05, 0) is 103 Å². The Morgan fingerprint density at radius 3 is 1.63 bits per heavy atom. The Labute approximate surface area is 345 Å². The summed E-state index contributed by atoms with van der Waals surface area (Å²) >= 11 is 0. The Bertz CT molecular complexity index is 3040. The first kappa shape index (κ1) is 35.7. The zero-order valence-electron chi connectivity index (χ0n) is 32.8. The minimum Gasteiger partial charge on any atom is -0.264 e. The second-order valence-corrected chi connectivity index (χ2v) is 15.6. The van der Waals surface area contributed by atoms with E-state index in [1.54, 1.807) is 6.20 Å². The number of nitrogens with zero attached hydrogens (tertiary/aromatic N) is 4. The summed E-state index contributed by atoms with van der Waals surface area (Å²) < 4.78 is 0. The summed E-state index contributed by atoms with van der Waals surface area (Å²) in [6.07, 6.45) is 3.70. The monoisotopic (exact) mass is 754 g/mol. The van der Waals surface area contributed by atoms with E-state index >= 15 is 0 Å². The minimum atomic E-state index is -0.258. The predicted octanol–water partition coefficient (Wildman–Crippen LogP) is 14.4. The van der Waals surface area contributed by atoms with Crippen LogP contribution in [0.4, 0.5) is 5.69 Å². The van der Waals surface area contributed by atoms with E-state index in [0.29, 0.717) is 11.5 Å². The summed E-state index contributed by atoms with van der Waals surface area (Å²) in [7, 11) is 0. The second kappa shape index (κ2) is 14.6. The maximum Gasteiger partial charge on any atom is 0.195 e. The predicted molar refractivity (Wildman–Crippen MR) is 242 cm³/mol. The van der Waals surface area contributed by atoms with Gasteiger partial charge in [0.05, 0.1) is 18.0 Å². The molecule has 2 aromatic heterocycles. The lowest BCUT2D eigenvalue weighted by molar-refractivity contribution is 0.661. The van der Waals surface area contributed by atoms with E-state index in [1.807, 2.05) is 48.7 Å². The molecule has 0 amide bonds. The van der Waals surface area contributed by atoms with Gasteiger partial charge in [0.1, 0.15) is 0 Å². The van der Waals surface area contributed by atoms with E-state index in [2.05, 4.69) is 163 Å². The van der Waals surface area contributed by atoms with Crippen molar-refractivity contribution in [2.45, 2.75) is 19.3 Å². The minimum absolute atomic E-state index is 0.258. The third-order valence-electron chi connectivity index (χ3n) is 11.6. The van der Waals surface area contributed by atoms with Crippen molar-refractivity contribution >= 4 is 5.69 Å². The number of hydrogen-bond donors (Lipinski definition) is 0. The first-order valence-corrected chi connectivity index (χ1v) is 19.9. The zero-order valence-corrected chi connectivity index (χ0v) is 32.8. The fourth-order valence-electron chi connectivity index (χ4n) is 8.46. The Balaban J connectivity index is 1.14. The van der Waals surface area contributed by atoms with Crippen LogP contribution in [0.5, 0.6) is 0 Å². The lowest BCUT2D eigenvalue weighted by Crippen LogP contribution is -2.14. The van der Waals surface area contributed by atoms with Gasteiger partial charge in [-0.3, -0.25) is 4.98 Å². The van der Waals surface area contributed by atoms with Crippen LogP contribution in [-0.4, -0.2) is 15.0 Å². The molecule has 0 fully saturated rings. The SMILES string of the molecule is [C-]#[N+]c1cccc2c1-c1ccc(-c3cc(-c4ccc(-c5cccnc5)cc4)cc(-c4cc(-c5ccc(-c6ccccc6)cc5)nc(-c5ccccc5)n4)c3)cc1C2(C)C. The quantitative estimate of drug-likeness (QED) is 0.152. The van der Waals surface area contributed by atoms with E-state index in [4.69, 9.17) is 16.5 Å². The van der Waals surface area contributed by atoms with Crippen LogP contribution >= 0.6 is 0 Å². The summed E-state index contributed by atoms with van der Waals surface area (Å²) in [6, 6.07) is 63.8. The molecule has 4 nitrogen and oxygen atoms in total. The molecule has 278 valence electrons. The number of benzene rings is 7. The van der Waals surface area contributed by atoms with Crippen LogP contribution in [0.1, 0.15) is 25.0 Å². The molecule has 0 atom stereocenters. The molecule has 10 rings (SSSR count). The van der Waals surface area contributed by atoms with E-state index in [9.17, 15) is 0 Å². The third-order valence-corrected chi connectivity index (χ3v) is 11.6. The van der Waals surface area contributed by atoms with E-state index < -0.39 is 0 Å². The van der Waals surface area contributed by atoms with Gasteiger partial charge in [-0.25, -0.2) is 14.8 Å². The highest BCUT2D eigenvalue weighted by Gasteiger charge is 2.36. The average Bonchev–Trinajstić information content (AvgIpc) is 3.55. The fourth-order valence-corrected chi connectivity index (χ4v) is 8.46. The van der Waals surface area contributed by atoms with Crippen molar-refractivity contribution in [3.05, 3.63) is 217 Å². The number of pyridine rings is 1. The molecule has 0 N–H and O–H groups in total. The summed E-state index contributed by atoms with van der Waals surface area (Å²) in [5.74, 6) is 0.672. The first-order valence-electron chi connectivity index (χ1n) is 19.9. The first-order chi connectivity index (χ1) is 28.9. The average molecular weight is 755 g/mol. The molecule has 0 bridgehead atoms. The molecule has 1 aliphatic rings. The highest BCUT2D eigenvalue weighted by molar-refractivity contribution is 5.92. The highest BCUT2D eigenvalue weighted by Crippen LogP contribution is 2.53. The summed E-state index contributed by atoms with van der Waals surface area (Å²) in [5.41, 5.74) is 18.6. The second-order valence-electron chi connectivity index (χ2n) is 15.6. The van der Waals surface area contributed by atoms with Crippen molar-refractivity contribution in [3.8, 4) is 89.5 Å². The highest BCUT2D eigenvalue weighted by atomic mass is 14.9. The van der Waals surface area contributed by atoms with E-state index in [0.717, 1.165) is 78.1 Å². The summed E-state index contributed by atoms with van der Waals surface area (Å²) in [6.45, 7) is 12.5. The Morgan fingerprint density at radius 1 is 0.424 bits per heavy atom. The molecular weight excluding hydrogens is 717 g/mol. The number of fused-ring (bicyclic) bond motifs is 3. The van der Waals surface area contributed by atoms with Gasteiger partial charge in [-0.15, -0.1) is 0 Å². The molecule has 7 aromatic carbocycles. The Kier molecular flexibility index (Phi) is 8.85. The molecule has 2 heterocycles. The Morgan fingerprint density at radius 2 is 0.966 bits per heavy atom. The number of hydrogen-bond acceptors (Lipinski definition) is 3. The van der Waals surface area contributed by atoms with Crippen LogP contribution in [0.3, 0.4) is 0 Å². The van der Waals surface area contributed by atoms with Crippen molar-refractivity contribution in [1.29, 1.82) is 0 Å². The van der Waals surface area contributed by atoms with Crippen LogP contribution < -0.4 is 0 Å². The van der Waals surface area contributed by atoms with Crippen molar-refractivity contribution in [2.24, 2.45) is 0 Å². The topological polar surface area (TPSA) is 43.0 Å². The van der Waals surface area contributed by atoms with Gasteiger partial charge in [0, 0.05) is 34.5 Å². The van der Waals surface area contributed by atoms with Gasteiger partial charge in [-0.1, -0.05) is 159 Å². The molecule has 0 aliphatic heterocycles. The number of aromatic nitrogens is 3. The van der Waals surface area contributed by atoms with Crippen LogP contribution in [0, 0.1) is 6.57 Å². The molecular formula is C55H38N4. The molecule has 59 heavy (non-hydrogen) atoms. The molecule has 0 saturated heterocycles. The van der Waals surface area contributed by atoms with Gasteiger partial charge < -0.3 is 0 Å². The molecule has 0 unspecified atom stereocenters. The van der Waals surface area contributed by atoms with E-state index in [1.165, 1.54) is 16.7 Å². The van der Waals surface area contributed by atoms with Crippen molar-refractivity contribution in [3.63, 3.8) is 0 Å².